The van der Waals surface area contributed by atoms with Gasteiger partial charge in [-0.25, -0.2) is 0 Å². The lowest BCUT2D eigenvalue weighted by atomic mass is 10.3. The molecule has 1 aromatic heterocycles. The lowest BCUT2D eigenvalue weighted by Crippen LogP contribution is -2.13. The first-order valence-corrected chi connectivity index (χ1v) is 3.60. The minimum absolute atomic E-state index is 0.357. The van der Waals surface area contributed by atoms with E-state index in [2.05, 4.69) is 5.10 Å². The second-order valence-corrected chi connectivity index (χ2v) is 2.66. The Morgan fingerprint density at radius 3 is 3.00 bits per heavy atom. The Bertz CT molecular complexity index is 280. The predicted molar refractivity (Wildman–Crippen MR) is 42.4 cm³/mol. The molecule has 0 spiro atoms. The Morgan fingerprint density at radius 1 is 1.92 bits per heavy atom. The Morgan fingerprint density at radius 2 is 2.58 bits per heavy atom. The highest BCUT2D eigenvalue weighted by Crippen LogP contribution is 1.97. The van der Waals surface area contributed by atoms with Crippen molar-refractivity contribution in [1.29, 1.82) is 0 Å². The maximum absolute atomic E-state index is 10.6. The zero-order valence-corrected chi connectivity index (χ0v) is 6.77. The number of aliphatic hydroxyl groups excluding tert-OH is 1. The fraction of sp³-hybridized carbons (Fsp3) is 0.429. The van der Waals surface area contributed by atoms with E-state index in [0.717, 1.165) is 0 Å². The molecule has 1 aromatic rings. The monoisotopic (exact) mass is 169 g/mol. The second kappa shape index (κ2) is 3.36. The van der Waals surface area contributed by atoms with Gasteiger partial charge in [0, 0.05) is 6.20 Å². The molecule has 1 atom stereocenters. The number of carbonyl (C=O) groups is 1. The van der Waals surface area contributed by atoms with Crippen LogP contribution >= 0.6 is 0 Å². The first-order valence-electron chi connectivity index (χ1n) is 3.60. The van der Waals surface area contributed by atoms with E-state index in [4.69, 9.17) is 10.8 Å². The van der Waals surface area contributed by atoms with Gasteiger partial charge in [-0.05, 0) is 6.92 Å². The van der Waals surface area contributed by atoms with Gasteiger partial charge in [0.2, 0.25) is 0 Å². The molecule has 1 amide bonds. The van der Waals surface area contributed by atoms with Crippen molar-refractivity contribution in [2.45, 2.75) is 19.6 Å². The van der Waals surface area contributed by atoms with Crippen molar-refractivity contribution in [1.82, 2.24) is 9.78 Å². The number of rotatable bonds is 3. The average Bonchev–Trinajstić information content (AvgIpc) is 2.34. The molecular formula is C7H11N3O2. The number of carbonyl (C=O) groups excluding carboxylic acids is 1. The minimum atomic E-state index is -0.508. The van der Waals surface area contributed by atoms with Crippen molar-refractivity contribution in [3.05, 3.63) is 18.0 Å². The molecule has 1 unspecified atom stereocenters. The normalized spacial score (nSPS) is 12.8. The summed E-state index contributed by atoms with van der Waals surface area (Å²) in [6.07, 6.45) is 2.41. The molecule has 66 valence electrons. The molecule has 0 bridgehead atoms. The molecule has 3 N–H and O–H groups in total. The first-order chi connectivity index (χ1) is 5.59. The molecule has 12 heavy (non-hydrogen) atoms. The Kier molecular flexibility index (Phi) is 2.44. The molecule has 1 rings (SSSR count). The molecular weight excluding hydrogens is 158 g/mol. The Hall–Kier alpha value is -1.36. The summed E-state index contributed by atoms with van der Waals surface area (Å²) in [5.74, 6) is -0.508. The smallest absolute Gasteiger partial charge is 0.251 e. The summed E-state index contributed by atoms with van der Waals surface area (Å²) < 4.78 is 1.48. The maximum atomic E-state index is 10.6. The van der Waals surface area contributed by atoms with Crippen molar-refractivity contribution < 1.29 is 9.90 Å². The average molecular weight is 169 g/mol. The van der Waals surface area contributed by atoms with Crippen LogP contribution in [0.25, 0.3) is 0 Å². The molecule has 0 saturated heterocycles. The van der Waals surface area contributed by atoms with Gasteiger partial charge in [-0.2, -0.15) is 5.10 Å². The number of amides is 1. The number of aromatic nitrogens is 2. The molecule has 0 fully saturated rings. The van der Waals surface area contributed by atoms with Gasteiger partial charge in [0.05, 0.1) is 24.4 Å². The quantitative estimate of drug-likeness (QED) is 0.631. The van der Waals surface area contributed by atoms with Crippen LogP contribution in [0.5, 0.6) is 0 Å². The number of primary amides is 1. The molecule has 5 nitrogen and oxygen atoms in total. The van der Waals surface area contributed by atoms with Crippen molar-refractivity contribution in [2.24, 2.45) is 5.73 Å². The van der Waals surface area contributed by atoms with Crippen LogP contribution in [-0.4, -0.2) is 26.9 Å². The van der Waals surface area contributed by atoms with Gasteiger partial charge in [0.15, 0.2) is 0 Å². The summed E-state index contributed by atoms with van der Waals surface area (Å²) in [6, 6.07) is 0. The minimum Gasteiger partial charge on any atom is -0.391 e. The van der Waals surface area contributed by atoms with E-state index < -0.39 is 12.0 Å². The molecule has 0 aliphatic carbocycles. The van der Waals surface area contributed by atoms with Crippen LogP contribution in [-0.2, 0) is 6.54 Å². The zero-order chi connectivity index (χ0) is 9.14. The van der Waals surface area contributed by atoms with E-state index in [-0.39, 0.29) is 0 Å². The Balaban J connectivity index is 2.71. The Labute approximate surface area is 69.8 Å². The molecule has 0 radical (unpaired) electrons. The van der Waals surface area contributed by atoms with Crippen LogP contribution < -0.4 is 5.73 Å². The summed E-state index contributed by atoms with van der Waals surface area (Å²) in [5.41, 5.74) is 5.36. The van der Waals surface area contributed by atoms with Crippen LogP contribution in [0.2, 0.25) is 0 Å². The summed E-state index contributed by atoms with van der Waals surface area (Å²) >= 11 is 0. The highest BCUT2D eigenvalue weighted by molar-refractivity contribution is 5.92. The van der Waals surface area contributed by atoms with Crippen LogP contribution in [0.1, 0.15) is 17.3 Å². The molecule has 0 aliphatic heterocycles. The first kappa shape index (κ1) is 8.73. The lowest BCUT2D eigenvalue weighted by molar-refractivity contribution is 0.1000. The summed E-state index contributed by atoms with van der Waals surface area (Å²) in [6.45, 7) is 2.01. The van der Waals surface area contributed by atoms with Crippen LogP contribution in [0.15, 0.2) is 12.4 Å². The fourth-order valence-corrected chi connectivity index (χ4v) is 0.861. The maximum Gasteiger partial charge on any atom is 0.251 e. The summed E-state index contributed by atoms with van der Waals surface area (Å²) in [5, 5.41) is 12.8. The fourth-order valence-electron chi connectivity index (χ4n) is 0.861. The van der Waals surface area contributed by atoms with Crippen molar-refractivity contribution in [3.8, 4) is 0 Å². The number of nitrogens with two attached hydrogens (primary N) is 1. The van der Waals surface area contributed by atoms with E-state index >= 15 is 0 Å². The number of hydrogen-bond donors (Lipinski definition) is 2. The van der Waals surface area contributed by atoms with Gasteiger partial charge in [-0.15, -0.1) is 0 Å². The van der Waals surface area contributed by atoms with Crippen molar-refractivity contribution in [3.63, 3.8) is 0 Å². The van der Waals surface area contributed by atoms with Gasteiger partial charge in [0.1, 0.15) is 0 Å². The summed E-state index contributed by atoms with van der Waals surface area (Å²) in [7, 11) is 0. The van der Waals surface area contributed by atoms with E-state index in [1.165, 1.54) is 17.1 Å². The van der Waals surface area contributed by atoms with Gasteiger partial charge >= 0.3 is 0 Å². The third kappa shape index (κ3) is 2.06. The largest absolute Gasteiger partial charge is 0.391 e. The van der Waals surface area contributed by atoms with Gasteiger partial charge in [0.25, 0.3) is 5.91 Å². The third-order valence-corrected chi connectivity index (χ3v) is 1.37. The summed E-state index contributed by atoms with van der Waals surface area (Å²) in [4.78, 5) is 10.6. The van der Waals surface area contributed by atoms with Gasteiger partial charge < -0.3 is 10.8 Å². The van der Waals surface area contributed by atoms with Crippen molar-refractivity contribution >= 4 is 5.91 Å². The van der Waals surface area contributed by atoms with Crippen LogP contribution in [0, 0.1) is 0 Å². The highest BCUT2D eigenvalue weighted by atomic mass is 16.3. The van der Waals surface area contributed by atoms with Crippen LogP contribution in [0.4, 0.5) is 0 Å². The standard InChI is InChI=1S/C7H11N3O2/c1-5(11)3-10-4-6(2-9-10)7(8)12/h2,4-5,11H,3H2,1H3,(H2,8,12). The molecule has 0 aromatic carbocycles. The van der Waals surface area contributed by atoms with E-state index in [1.807, 2.05) is 0 Å². The number of hydrogen-bond acceptors (Lipinski definition) is 3. The van der Waals surface area contributed by atoms with Gasteiger partial charge in [-0.1, -0.05) is 0 Å². The predicted octanol–water partition coefficient (Wildman–Crippen LogP) is -0.637. The lowest BCUT2D eigenvalue weighted by Gasteiger charge is -2.02. The highest BCUT2D eigenvalue weighted by Gasteiger charge is 2.04. The van der Waals surface area contributed by atoms with Crippen LogP contribution in [0.3, 0.4) is 0 Å². The number of aliphatic hydroxyl groups is 1. The third-order valence-electron chi connectivity index (χ3n) is 1.37. The SMILES string of the molecule is CC(O)Cn1cc(C(N)=O)cn1. The van der Waals surface area contributed by atoms with E-state index in [9.17, 15) is 4.79 Å². The van der Waals surface area contributed by atoms with E-state index in [0.29, 0.717) is 12.1 Å². The molecule has 0 saturated carbocycles. The van der Waals surface area contributed by atoms with Gasteiger partial charge in [-0.3, -0.25) is 9.48 Å². The number of nitrogens with zero attached hydrogens (tertiary/aromatic N) is 2. The topological polar surface area (TPSA) is 81.1 Å². The molecule has 0 aliphatic rings. The molecule has 1 heterocycles. The molecule has 5 heteroatoms. The zero-order valence-electron chi connectivity index (χ0n) is 6.77. The van der Waals surface area contributed by atoms with E-state index in [1.54, 1.807) is 6.92 Å². The van der Waals surface area contributed by atoms with Crippen molar-refractivity contribution in [2.75, 3.05) is 0 Å². The second-order valence-electron chi connectivity index (χ2n) is 2.66.